The largest absolute Gasteiger partial charge is 0.416 e. The van der Waals surface area contributed by atoms with Crippen molar-refractivity contribution in [3.63, 3.8) is 0 Å². The SMILES string of the molecule is Cn1cc(N2C(=O)CSC23C(=O)Nc2cccc(C(F)(F)F)c23)c(=O)n1-c1ccccc1. The molecule has 5 rings (SSSR count). The summed E-state index contributed by atoms with van der Waals surface area (Å²) < 4.78 is 44.4. The minimum Gasteiger partial charge on any atom is -0.323 e. The molecule has 11 heteroatoms. The van der Waals surface area contributed by atoms with Crippen molar-refractivity contribution in [2.45, 2.75) is 11.0 Å². The van der Waals surface area contributed by atoms with E-state index in [1.165, 1.54) is 27.7 Å². The predicted octanol–water partition coefficient (Wildman–Crippen LogP) is 3.08. The molecule has 1 unspecified atom stereocenters. The van der Waals surface area contributed by atoms with E-state index in [4.69, 9.17) is 0 Å². The number of benzene rings is 2. The molecule has 2 aliphatic heterocycles. The Morgan fingerprint density at radius 3 is 2.44 bits per heavy atom. The molecule has 3 aromatic rings. The predicted molar refractivity (Wildman–Crippen MR) is 113 cm³/mol. The van der Waals surface area contributed by atoms with Gasteiger partial charge in [-0.25, -0.2) is 4.68 Å². The Kier molecular flexibility index (Phi) is 4.32. The number of fused-ring (bicyclic) bond motifs is 2. The summed E-state index contributed by atoms with van der Waals surface area (Å²) in [5.41, 5.74) is -1.71. The number of para-hydroxylation sites is 1. The number of carbonyl (C=O) groups is 2. The zero-order valence-corrected chi connectivity index (χ0v) is 17.3. The fraction of sp³-hybridized carbons (Fsp3) is 0.190. The molecule has 1 saturated heterocycles. The lowest BCUT2D eigenvalue weighted by molar-refractivity contribution is -0.138. The number of hydrogen-bond acceptors (Lipinski definition) is 4. The van der Waals surface area contributed by atoms with Crippen molar-refractivity contribution in [2.24, 2.45) is 7.05 Å². The highest BCUT2D eigenvalue weighted by molar-refractivity contribution is 8.02. The van der Waals surface area contributed by atoms with Crippen molar-refractivity contribution in [3.8, 4) is 5.69 Å². The molecule has 1 N–H and O–H groups in total. The van der Waals surface area contributed by atoms with Gasteiger partial charge in [-0.05, 0) is 24.3 Å². The van der Waals surface area contributed by atoms with E-state index in [9.17, 15) is 27.6 Å². The normalized spacial score (nSPS) is 20.2. The molecular formula is C21H15F3N4O3S. The molecule has 32 heavy (non-hydrogen) atoms. The summed E-state index contributed by atoms with van der Waals surface area (Å²) in [7, 11) is 1.57. The van der Waals surface area contributed by atoms with E-state index in [0.717, 1.165) is 22.7 Å². The van der Waals surface area contributed by atoms with Gasteiger partial charge >= 0.3 is 6.18 Å². The van der Waals surface area contributed by atoms with Gasteiger partial charge in [-0.1, -0.05) is 24.3 Å². The van der Waals surface area contributed by atoms with Gasteiger partial charge in [0.25, 0.3) is 11.5 Å². The number of rotatable bonds is 2. The molecule has 0 radical (unpaired) electrons. The van der Waals surface area contributed by atoms with Crippen LogP contribution in [0.5, 0.6) is 0 Å². The zero-order chi connectivity index (χ0) is 22.8. The first-order valence-electron chi connectivity index (χ1n) is 9.49. The lowest BCUT2D eigenvalue weighted by Crippen LogP contribution is -2.49. The number of carbonyl (C=O) groups excluding carboxylic acids is 2. The van der Waals surface area contributed by atoms with E-state index in [0.29, 0.717) is 5.69 Å². The van der Waals surface area contributed by atoms with E-state index < -0.39 is 34.0 Å². The van der Waals surface area contributed by atoms with Crippen LogP contribution in [0.25, 0.3) is 5.69 Å². The van der Waals surface area contributed by atoms with E-state index in [1.807, 2.05) is 0 Å². The molecule has 2 aliphatic rings. The monoisotopic (exact) mass is 460 g/mol. The fourth-order valence-electron chi connectivity index (χ4n) is 4.27. The summed E-state index contributed by atoms with van der Waals surface area (Å²) in [5, 5.41) is 2.47. The number of hydrogen-bond donors (Lipinski definition) is 1. The average Bonchev–Trinajstić information content (AvgIpc) is 3.34. The van der Waals surface area contributed by atoms with Crippen LogP contribution in [0.4, 0.5) is 24.5 Å². The first kappa shape index (κ1) is 20.4. The number of alkyl halides is 3. The minimum absolute atomic E-state index is 0.0312. The van der Waals surface area contributed by atoms with E-state index in [1.54, 1.807) is 37.4 Å². The van der Waals surface area contributed by atoms with Gasteiger partial charge in [0, 0.05) is 18.3 Å². The highest BCUT2D eigenvalue weighted by Gasteiger charge is 2.62. The van der Waals surface area contributed by atoms with Gasteiger partial charge < -0.3 is 5.32 Å². The molecule has 0 saturated carbocycles. The van der Waals surface area contributed by atoms with Gasteiger partial charge in [-0.3, -0.25) is 24.0 Å². The summed E-state index contributed by atoms with van der Waals surface area (Å²) in [5.74, 6) is -1.67. The number of amides is 2. The Morgan fingerprint density at radius 2 is 1.75 bits per heavy atom. The number of thioether (sulfide) groups is 1. The Labute approximate surface area is 183 Å². The smallest absolute Gasteiger partial charge is 0.323 e. The van der Waals surface area contributed by atoms with Crippen LogP contribution in [0.3, 0.4) is 0 Å². The number of nitrogens with one attached hydrogen (secondary N) is 1. The van der Waals surface area contributed by atoms with Crippen LogP contribution in [-0.2, 0) is 27.7 Å². The lowest BCUT2D eigenvalue weighted by atomic mass is 9.98. The van der Waals surface area contributed by atoms with Crippen molar-refractivity contribution in [2.75, 3.05) is 16.0 Å². The third-order valence-electron chi connectivity index (χ3n) is 5.51. The molecule has 1 atom stereocenters. The number of aromatic nitrogens is 2. The van der Waals surface area contributed by atoms with Crippen LogP contribution in [-0.4, -0.2) is 26.9 Å². The molecule has 2 amide bonds. The first-order valence-corrected chi connectivity index (χ1v) is 10.5. The Balaban J connectivity index is 1.76. The molecule has 1 fully saturated rings. The van der Waals surface area contributed by atoms with Crippen LogP contribution in [0, 0.1) is 0 Å². The van der Waals surface area contributed by atoms with Crippen LogP contribution in [0.2, 0.25) is 0 Å². The number of halogens is 3. The summed E-state index contributed by atoms with van der Waals surface area (Å²) in [6.45, 7) is 0. The van der Waals surface area contributed by atoms with E-state index >= 15 is 0 Å². The maximum atomic E-state index is 13.9. The molecule has 1 aromatic heterocycles. The maximum Gasteiger partial charge on any atom is 0.416 e. The number of aryl methyl sites for hydroxylation is 1. The first-order chi connectivity index (χ1) is 15.2. The van der Waals surface area contributed by atoms with Crippen molar-refractivity contribution >= 4 is 35.0 Å². The third-order valence-corrected chi connectivity index (χ3v) is 6.89. The van der Waals surface area contributed by atoms with Crippen LogP contribution in [0.1, 0.15) is 11.1 Å². The number of anilines is 2. The fourth-order valence-corrected chi connectivity index (χ4v) is 5.61. The average molecular weight is 460 g/mol. The quantitative estimate of drug-likeness (QED) is 0.638. The zero-order valence-electron chi connectivity index (χ0n) is 16.5. The van der Waals surface area contributed by atoms with Gasteiger partial charge in [-0.15, -0.1) is 11.8 Å². The summed E-state index contributed by atoms with van der Waals surface area (Å²) in [6, 6.07) is 12.0. The Morgan fingerprint density at radius 1 is 1.03 bits per heavy atom. The number of nitrogens with zero attached hydrogens (tertiary/aromatic N) is 3. The molecule has 1 spiro atoms. The van der Waals surface area contributed by atoms with E-state index in [2.05, 4.69) is 5.32 Å². The third kappa shape index (κ3) is 2.67. The van der Waals surface area contributed by atoms with Crippen LogP contribution >= 0.6 is 11.8 Å². The van der Waals surface area contributed by atoms with Gasteiger partial charge in [-0.2, -0.15) is 13.2 Å². The highest BCUT2D eigenvalue weighted by Crippen LogP contribution is 2.56. The van der Waals surface area contributed by atoms with Gasteiger partial charge in [0.1, 0.15) is 5.69 Å². The molecule has 0 bridgehead atoms. The second kappa shape index (κ2) is 6.76. The lowest BCUT2D eigenvalue weighted by Gasteiger charge is -2.32. The minimum atomic E-state index is -4.76. The Bertz CT molecular complexity index is 1330. The topological polar surface area (TPSA) is 76.3 Å². The standard InChI is InChI=1S/C21H15F3N4O3S/c1-26-10-15(18(30)28(26)12-6-3-2-4-7-12)27-16(29)11-32-20(27)17-13(21(22,23)24)8-5-9-14(17)25-19(20)31/h2-10H,11H2,1H3,(H,25,31). The van der Waals surface area contributed by atoms with Gasteiger partial charge in [0.2, 0.25) is 10.8 Å². The van der Waals surface area contributed by atoms with Crippen molar-refractivity contribution in [1.82, 2.24) is 9.36 Å². The van der Waals surface area contributed by atoms with Crippen molar-refractivity contribution in [3.05, 3.63) is 76.2 Å². The van der Waals surface area contributed by atoms with E-state index in [-0.39, 0.29) is 22.7 Å². The van der Waals surface area contributed by atoms with Gasteiger partial charge in [0.05, 0.1) is 23.2 Å². The molecule has 7 nitrogen and oxygen atoms in total. The van der Waals surface area contributed by atoms with Crippen LogP contribution < -0.4 is 15.8 Å². The highest BCUT2D eigenvalue weighted by atomic mass is 32.2. The summed E-state index contributed by atoms with van der Waals surface area (Å²) in [6.07, 6.45) is -3.41. The second-order valence-electron chi connectivity index (χ2n) is 7.38. The maximum absolute atomic E-state index is 13.9. The molecule has 0 aliphatic carbocycles. The van der Waals surface area contributed by atoms with Crippen LogP contribution in [0.15, 0.2) is 59.5 Å². The molecule has 2 aromatic carbocycles. The van der Waals surface area contributed by atoms with Crippen molar-refractivity contribution < 1.29 is 22.8 Å². The van der Waals surface area contributed by atoms with Gasteiger partial charge in [0.15, 0.2) is 0 Å². The second-order valence-corrected chi connectivity index (χ2v) is 8.55. The molecule has 3 heterocycles. The summed E-state index contributed by atoms with van der Waals surface area (Å²) >= 11 is 0.771. The molecule has 164 valence electrons. The molecular weight excluding hydrogens is 445 g/mol. The Hall–Kier alpha value is -3.47. The summed E-state index contributed by atoms with van der Waals surface area (Å²) in [4.78, 5) is 38.3. The van der Waals surface area contributed by atoms with Crippen molar-refractivity contribution in [1.29, 1.82) is 0 Å².